The Morgan fingerprint density at radius 3 is 2.14 bits per heavy atom. The van der Waals surface area contributed by atoms with Crippen molar-refractivity contribution in [1.82, 2.24) is 0 Å². The van der Waals surface area contributed by atoms with Crippen molar-refractivity contribution in [2.24, 2.45) is 0 Å². The number of hydrogen-bond donors (Lipinski definition) is 1. The van der Waals surface area contributed by atoms with Crippen LogP contribution in [0.3, 0.4) is 0 Å². The van der Waals surface area contributed by atoms with Crippen LogP contribution >= 0.6 is 0 Å². The van der Waals surface area contributed by atoms with Gasteiger partial charge in [-0.2, -0.15) is 0 Å². The summed E-state index contributed by atoms with van der Waals surface area (Å²) < 4.78 is 10.7. The number of amides is 1. The minimum absolute atomic E-state index is 0.185. The number of carbonyl (C=O) groups is 1. The number of nitrogens with one attached hydrogen (secondary N) is 1. The third-order valence-corrected chi connectivity index (χ3v) is 3.06. The number of carbonyl (C=O) groups excluding carboxylic acids is 1. The van der Waals surface area contributed by atoms with Gasteiger partial charge in [0, 0.05) is 5.69 Å². The normalized spacial score (nSPS) is 11.6. The maximum atomic E-state index is 12.1. The molecule has 2 aromatic rings. The number of ether oxygens (including phenoxy) is 2. The van der Waals surface area contributed by atoms with E-state index in [0.29, 0.717) is 5.75 Å². The molecule has 0 fully saturated rings. The van der Waals surface area contributed by atoms with E-state index in [1.54, 1.807) is 38.3 Å². The first-order valence-electron chi connectivity index (χ1n) is 6.77. The molecule has 0 aliphatic rings. The van der Waals surface area contributed by atoms with Gasteiger partial charge in [-0.05, 0) is 50.2 Å². The lowest BCUT2D eigenvalue weighted by Crippen LogP contribution is -2.30. The summed E-state index contributed by atoms with van der Waals surface area (Å²) in [4.78, 5) is 12.1. The molecular weight excluding hydrogens is 266 g/mol. The molecule has 1 atom stereocenters. The van der Waals surface area contributed by atoms with Crippen LogP contribution in [-0.4, -0.2) is 19.1 Å². The molecule has 2 aromatic carbocycles. The third kappa shape index (κ3) is 4.24. The maximum Gasteiger partial charge on any atom is 0.265 e. The lowest BCUT2D eigenvalue weighted by atomic mass is 10.2. The van der Waals surface area contributed by atoms with Gasteiger partial charge in [-0.3, -0.25) is 4.79 Å². The molecule has 0 aliphatic heterocycles. The zero-order valence-electron chi connectivity index (χ0n) is 12.4. The summed E-state index contributed by atoms with van der Waals surface area (Å²) in [5, 5.41) is 2.82. The lowest BCUT2D eigenvalue weighted by molar-refractivity contribution is -0.122. The molecule has 1 N–H and O–H groups in total. The molecule has 0 radical (unpaired) electrons. The Labute approximate surface area is 124 Å². The van der Waals surface area contributed by atoms with E-state index in [1.165, 1.54) is 0 Å². The van der Waals surface area contributed by atoms with Crippen LogP contribution in [0.4, 0.5) is 5.69 Å². The van der Waals surface area contributed by atoms with E-state index < -0.39 is 6.10 Å². The van der Waals surface area contributed by atoms with Crippen molar-refractivity contribution in [3.63, 3.8) is 0 Å². The monoisotopic (exact) mass is 285 g/mol. The Hall–Kier alpha value is -2.49. The summed E-state index contributed by atoms with van der Waals surface area (Å²) >= 11 is 0. The summed E-state index contributed by atoms with van der Waals surface area (Å²) in [6.07, 6.45) is -0.584. The van der Waals surface area contributed by atoms with Gasteiger partial charge in [0.05, 0.1) is 7.11 Å². The number of rotatable bonds is 5. The summed E-state index contributed by atoms with van der Waals surface area (Å²) in [5.74, 6) is 1.19. The molecule has 1 amide bonds. The molecule has 2 rings (SSSR count). The molecule has 0 heterocycles. The number of anilines is 1. The Bertz CT molecular complexity index is 590. The van der Waals surface area contributed by atoms with Crippen LogP contribution in [0.5, 0.6) is 11.5 Å². The highest BCUT2D eigenvalue weighted by Crippen LogP contribution is 2.18. The van der Waals surface area contributed by atoms with Crippen molar-refractivity contribution in [2.75, 3.05) is 12.4 Å². The Morgan fingerprint density at radius 1 is 1.00 bits per heavy atom. The molecule has 0 aromatic heterocycles. The highest BCUT2D eigenvalue weighted by molar-refractivity contribution is 5.94. The second-order valence-corrected chi connectivity index (χ2v) is 4.79. The minimum atomic E-state index is -0.584. The molecule has 0 saturated heterocycles. The SMILES string of the molecule is COc1ccc(O[C@H](C)C(=O)Nc2ccc(C)cc2)cc1. The maximum absolute atomic E-state index is 12.1. The van der Waals surface area contributed by atoms with Gasteiger partial charge in [-0.15, -0.1) is 0 Å². The number of methoxy groups -OCH3 is 1. The molecule has 21 heavy (non-hydrogen) atoms. The molecule has 0 unspecified atom stereocenters. The van der Waals surface area contributed by atoms with E-state index in [0.717, 1.165) is 17.0 Å². The fourth-order valence-electron chi connectivity index (χ4n) is 1.79. The molecular formula is C17H19NO3. The predicted molar refractivity (Wildman–Crippen MR) is 82.9 cm³/mol. The number of hydrogen-bond acceptors (Lipinski definition) is 3. The van der Waals surface area contributed by atoms with E-state index in [4.69, 9.17) is 9.47 Å². The second-order valence-electron chi connectivity index (χ2n) is 4.79. The van der Waals surface area contributed by atoms with Crippen LogP contribution in [-0.2, 0) is 4.79 Å². The van der Waals surface area contributed by atoms with Crippen LogP contribution in [0.1, 0.15) is 12.5 Å². The van der Waals surface area contributed by atoms with E-state index in [-0.39, 0.29) is 5.91 Å². The zero-order chi connectivity index (χ0) is 15.2. The summed E-state index contributed by atoms with van der Waals surface area (Å²) in [6, 6.07) is 14.8. The van der Waals surface area contributed by atoms with E-state index in [9.17, 15) is 4.79 Å². The first kappa shape index (κ1) is 14.9. The second kappa shape index (κ2) is 6.79. The van der Waals surface area contributed by atoms with Gasteiger partial charge >= 0.3 is 0 Å². The standard InChI is InChI=1S/C17H19NO3/c1-12-4-6-14(7-5-12)18-17(19)13(2)21-16-10-8-15(20-3)9-11-16/h4-11,13H,1-3H3,(H,18,19)/t13-/m1/s1. The molecule has 110 valence electrons. The van der Waals surface area contributed by atoms with Crippen molar-refractivity contribution < 1.29 is 14.3 Å². The van der Waals surface area contributed by atoms with Gasteiger partial charge in [-0.25, -0.2) is 0 Å². The minimum Gasteiger partial charge on any atom is -0.497 e. The molecule has 4 nitrogen and oxygen atoms in total. The van der Waals surface area contributed by atoms with Gasteiger partial charge in [0.2, 0.25) is 0 Å². The average Bonchev–Trinajstić information content (AvgIpc) is 2.50. The van der Waals surface area contributed by atoms with Crippen molar-refractivity contribution >= 4 is 11.6 Å². The Balaban J connectivity index is 1.93. The molecule has 0 aliphatic carbocycles. The van der Waals surface area contributed by atoms with Crippen LogP contribution in [0.25, 0.3) is 0 Å². The van der Waals surface area contributed by atoms with Crippen molar-refractivity contribution in [3.8, 4) is 11.5 Å². The smallest absolute Gasteiger partial charge is 0.265 e. The van der Waals surface area contributed by atoms with Crippen LogP contribution in [0.15, 0.2) is 48.5 Å². The van der Waals surface area contributed by atoms with Crippen molar-refractivity contribution in [2.45, 2.75) is 20.0 Å². The molecule has 0 bridgehead atoms. The van der Waals surface area contributed by atoms with Crippen molar-refractivity contribution in [3.05, 3.63) is 54.1 Å². The number of benzene rings is 2. The highest BCUT2D eigenvalue weighted by Gasteiger charge is 2.14. The highest BCUT2D eigenvalue weighted by atomic mass is 16.5. The van der Waals surface area contributed by atoms with Crippen LogP contribution < -0.4 is 14.8 Å². The quantitative estimate of drug-likeness (QED) is 0.915. The van der Waals surface area contributed by atoms with Gasteiger partial charge in [0.15, 0.2) is 6.10 Å². The Kier molecular flexibility index (Phi) is 4.82. The largest absolute Gasteiger partial charge is 0.497 e. The molecule has 4 heteroatoms. The molecule has 0 saturated carbocycles. The van der Waals surface area contributed by atoms with E-state index in [1.807, 2.05) is 31.2 Å². The van der Waals surface area contributed by atoms with E-state index >= 15 is 0 Å². The number of aryl methyl sites for hydroxylation is 1. The summed E-state index contributed by atoms with van der Waals surface area (Å²) in [7, 11) is 1.60. The van der Waals surface area contributed by atoms with Gasteiger partial charge in [0.25, 0.3) is 5.91 Å². The van der Waals surface area contributed by atoms with Gasteiger partial charge < -0.3 is 14.8 Å². The van der Waals surface area contributed by atoms with E-state index in [2.05, 4.69) is 5.32 Å². The molecule has 0 spiro atoms. The fraction of sp³-hybridized carbons (Fsp3) is 0.235. The van der Waals surface area contributed by atoms with Crippen molar-refractivity contribution in [1.29, 1.82) is 0 Å². The van der Waals surface area contributed by atoms with Gasteiger partial charge in [-0.1, -0.05) is 17.7 Å². The predicted octanol–water partition coefficient (Wildman–Crippen LogP) is 3.41. The van der Waals surface area contributed by atoms with Gasteiger partial charge in [0.1, 0.15) is 11.5 Å². The third-order valence-electron chi connectivity index (χ3n) is 3.06. The van der Waals surface area contributed by atoms with Crippen LogP contribution in [0.2, 0.25) is 0 Å². The first-order valence-corrected chi connectivity index (χ1v) is 6.77. The fourth-order valence-corrected chi connectivity index (χ4v) is 1.79. The Morgan fingerprint density at radius 2 is 1.57 bits per heavy atom. The van der Waals surface area contributed by atoms with Crippen LogP contribution in [0, 0.1) is 6.92 Å². The summed E-state index contributed by atoms with van der Waals surface area (Å²) in [6.45, 7) is 3.72. The lowest BCUT2D eigenvalue weighted by Gasteiger charge is -2.15. The first-order chi connectivity index (χ1) is 10.1. The zero-order valence-corrected chi connectivity index (χ0v) is 12.4. The summed E-state index contributed by atoms with van der Waals surface area (Å²) in [5.41, 5.74) is 1.91. The average molecular weight is 285 g/mol. The topological polar surface area (TPSA) is 47.6 Å².